The molecule has 0 saturated carbocycles. The Kier molecular flexibility index (Phi) is 7.04. The van der Waals surface area contributed by atoms with Crippen molar-refractivity contribution in [3.63, 3.8) is 0 Å². The number of methoxy groups -OCH3 is 1. The summed E-state index contributed by atoms with van der Waals surface area (Å²) in [7, 11) is 1.54. The Morgan fingerprint density at radius 2 is 1.78 bits per heavy atom. The molecule has 0 spiro atoms. The maximum atomic E-state index is 12.7. The molecule has 0 aliphatic carbocycles. The Balaban J connectivity index is 2.21. The van der Waals surface area contributed by atoms with E-state index >= 15 is 0 Å². The van der Waals surface area contributed by atoms with Gasteiger partial charge < -0.3 is 29.5 Å². The standard InChI is InChI=1S/C19H28N2O6/c1-19(2,3)27-18(24)20-15(13-5-7-14(25-4)8-6-13)16(22)17(23)21-9-11-26-12-10-21/h5-8,15-16,22H,9-12H2,1-4H3,(H,20,24)/t15-,16-/m1/s1. The number of benzene rings is 1. The number of amides is 2. The molecule has 8 nitrogen and oxygen atoms in total. The number of hydrogen-bond donors (Lipinski definition) is 2. The predicted octanol–water partition coefficient (Wildman–Crippen LogP) is 1.48. The fourth-order valence-electron chi connectivity index (χ4n) is 2.70. The van der Waals surface area contributed by atoms with Crippen molar-refractivity contribution in [2.24, 2.45) is 0 Å². The largest absolute Gasteiger partial charge is 0.497 e. The maximum absolute atomic E-state index is 12.7. The molecule has 1 aromatic rings. The van der Waals surface area contributed by atoms with Crippen LogP contribution in [0.3, 0.4) is 0 Å². The van der Waals surface area contributed by atoms with Crippen LogP contribution >= 0.6 is 0 Å². The molecule has 2 atom stereocenters. The maximum Gasteiger partial charge on any atom is 0.408 e. The summed E-state index contributed by atoms with van der Waals surface area (Å²) < 4.78 is 15.7. The number of alkyl carbamates (subject to hydrolysis) is 1. The van der Waals surface area contributed by atoms with Crippen molar-refractivity contribution in [1.29, 1.82) is 0 Å². The van der Waals surface area contributed by atoms with Gasteiger partial charge in [0.15, 0.2) is 6.10 Å². The van der Waals surface area contributed by atoms with Crippen molar-refractivity contribution >= 4 is 12.0 Å². The Morgan fingerprint density at radius 3 is 2.30 bits per heavy atom. The average Bonchev–Trinajstić information content (AvgIpc) is 2.64. The number of carbonyl (C=O) groups is 2. The zero-order chi connectivity index (χ0) is 20.0. The second-order valence-electron chi connectivity index (χ2n) is 7.28. The molecule has 2 rings (SSSR count). The first-order chi connectivity index (χ1) is 12.7. The molecular formula is C19H28N2O6. The number of rotatable bonds is 5. The number of ether oxygens (including phenoxy) is 3. The van der Waals surface area contributed by atoms with Gasteiger partial charge in [-0.15, -0.1) is 0 Å². The van der Waals surface area contributed by atoms with Gasteiger partial charge in [-0.2, -0.15) is 0 Å². The van der Waals surface area contributed by atoms with E-state index in [0.717, 1.165) is 0 Å². The van der Waals surface area contributed by atoms with E-state index in [1.807, 2.05) is 0 Å². The summed E-state index contributed by atoms with van der Waals surface area (Å²) in [6.07, 6.45) is -2.17. The number of aliphatic hydroxyl groups excluding tert-OH is 1. The molecule has 0 aromatic heterocycles. The lowest BCUT2D eigenvalue weighted by Gasteiger charge is -2.32. The molecule has 1 aromatic carbocycles. The predicted molar refractivity (Wildman–Crippen MR) is 98.5 cm³/mol. The number of hydrogen-bond acceptors (Lipinski definition) is 6. The van der Waals surface area contributed by atoms with Crippen molar-refractivity contribution in [2.45, 2.75) is 38.5 Å². The van der Waals surface area contributed by atoms with Gasteiger partial charge in [0, 0.05) is 13.1 Å². The SMILES string of the molecule is COc1ccc([C@@H](NC(=O)OC(C)(C)C)[C@@H](O)C(=O)N2CCOCC2)cc1. The van der Waals surface area contributed by atoms with E-state index in [1.54, 1.807) is 52.1 Å². The molecule has 1 aliphatic heterocycles. The lowest BCUT2D eigenvalue weighted by Crippen LogP contribution is -2.50. The van der Waals surface area contributed by atoms with E-state index in [2.05, 4.69) is 5.32 Å². The van der Waals surface area contributed by atoms with Gasteiger partial charge in [0.25, 0.3) is 5.91 Å². The van der Waals surface area contributed by atoms with Gasteiger partial charge in [0.05, 0.1) is 26.4 Å². The fourth-order valence-corrected chi connectivity index (χ4v) is 2.70. The van der Waals surface area contributed by atoms with Gasteiger partial charge >= 0.3 is 6.09 Å². The molecule has 150 valence electrons. The van der Waals surface area contributed by atoms with Gasteiger partial charge in [-0.1, -0.05) is 12.1 Å². The van der Waals surface area contributed by atoms with Gasteiger partial charge in [-0.3, -0.25) is 4.79 Å². The number of nitrogens with one attached hydrogen (secondary N) is 1. The lowest BCUT2D eigenvalue weighted by molar-refractivity contribution is -0.145. The molecule has 0 bridgehead atoms. The third-order valence-electron chi connectivity index (χ3n) is 4.04. The Morgan fingerprint density at radius 1 is 1.19 bits per heavy atom. The molecule has 2 amide bonds. The van der Waals surface area contributed by atoms with E-state index < -0.39 is 29.7 Å². The van der Waals surface area contributed by atoms with Gasteiger partial charge in [-0.05, 0) is 38.5 Å². The molecule has 0 unspecified atom stereocenters. The fraction of sp³-hybridized carbons (Fsp3) is 0.579. The highest BCUT2D eigenvalue weighted by molar-refractivity contribution is 5.82. The quantitative estimate of drug-likeness (QED) is 0.803. The van der Waals surface area contributed by atoms with E-state index in [0.29, 0.717) is 37.6 Å². The first-order valence-electron chi connectivity index (χ1n) is 8.89. The monoisotopic (exact) mass is 380 g/mol. The van der Waals surface area contributed by atoms with Crippen molar-refractivity contribution in [3.05, 3.63) is 29.8 Å². The summed E-state index contributed by atoms with van der Waals surface area (Å²) in [6.45, 7) is 6.87. The molecule has 2 N–H and O–H groups in total. The normalized spacial score (nSPS) is 17.0. The number of carbonyl (C=O) groups excluding carboxylic acids is 2. The molecule has 27 heavy (non-hydrogen) atoms. The molecular weight excluding hydrogens is 352 g/mol. The summed E-state index contributed by atoms with van der Waals surface area (Å²) in [4.78, 5) is 26.5. The first kappa shape index (κ1) is 21.0. The molecule has 1 aliphatic rings. The minimum absolute atomic E-state index is 0.400. The van der Waals surface area contributed by atoms with Crippen LogP contribution in [-0.2, 0) is 14.3 Å². The highest BCUT2D eigenvalue weighted by atomic mass is 16.6. The third-order valence-corrected chi connectivity index (χ3v) is 4.04. The van der Waals surface area contributed by atoms with Gasteiger partial charge in [0.1, 0.15) is 11.4 Å². The topological polar surface area (TPSA) is 97.3 Å². The second-order valence-corrected chi connectivity index (χ2v) is 7.28. The summed E-state index contributed by atoms with van der Waals surface area (Å²) in [5.74, 6) is 0.166. The van der Waals surface area contributed by atoms with Gasteiger partial charge in [-0.25, -0.2) is 4.79 Å². The number of nitrogens with zero attached hydrogens (tertiary/aromatic N) is 1. The summed E-state index contributed by atoms with van der Waals surface area (Å²) >= 11 is 0. The number of aliphatic hydroxyl groups is 1. The molecule has 8 heteroatoms. The van der Waals surface area contributed by atoms with E-state index in [-0.39, 0.29) is 0 Å². The van der Waals surface area contributed by atoms with Crippen LogP contribution < -0.4 is 10.1 Å². The van der Waals surface area contributed by atoms with Crippen LogP contribution in [0.1, 0.15) is 32.4 Å². The van der Waals surface area contributed by atoms with Crippen LogP contribution in [0.4, 0.5) is 4.79 Å². The first-order valence-corrected chi connectivity index (χ1v) is 8.89. The molecule has 0 radical (unpaired) electrons. The van der Waals surface area contributed by atoms with Crippen molar-refractivity contribution in [2.75, 3.05) is 33.4 Å². The molecule has 1 heterocycles. The highest BCUT2D eigenvalue weighted by Gasteiger charge is 2.34. The van der Waals surface area contributed by atoms with Crippen molar-refractivity contribution < 1.29 is 28.9 Å². The number of morpholine rings is 1. The molecule has 1 fully saturated rings. The molecule has 1 saturated heterocycles. The zero-order valence-electron chi connectivity index (χ0n) is 16.2. The lowest BCUT2D eigenvalue weighted by atomic mass is 10.00. The van der Waals surface area contributed by atoms with Crippen LogP contribution in [0.2, 0.25) is 0 Å². The summed E-state index contributed by atoms with van der Waals surface area (Å²) in [6, 6.07) is 5.82. The van der Waals surface area contributed by atoms with E-state index in [4.69, 9.17) is 14.2 Å². The van der Waals surface area contributed by atoms with Crippen LogP contribution in [-0.4, -0.2) is 67.1 Å². The van der Waals surface area contributed by atoms with Crippen LogP contribution in [0.5, 0.6) is 5.75 Å². The van der Waals surface area contributed by atoms with Crippen molar-refractivity contribution in [1.82, 2.24) is 10.2 Å². The minimum Gasteiger partial charge on any atom is -0.497 e. The van der Waals surface area contributed by atoms with Gasteiger partial charge in [0.2, 0.25) is 0 Å². The Bertz CT molecular complexity index is 635. The summed E-state index contributed by atoms with van der Waals surface area (Å²) in [5, 5.41) is 13.3. The van der Waals surface area contributed by atoms with E-state index in [1.165, 1.54) is 4.90 Å². The highest BCUT2D eigenvalue weighted by Crippen LogP contribution is 2.23. The van der Waals surface area contributed by atoms with Crippen LogP contribution in [0.25, 0.3) is 0 Å². The average molecular weight is 380 g/mol. The second kappa shape index (κ2) is 9.05. The Labute approximate surface area is 159 Å². The van der Waals surface area contributed by atoms with E-state index in [9.17, 15) is 14.7 Å². The van der Waals surface area contributed by atoms with Crippen LogP contribution in [0, 0.1) is 0 Å². The smallest absolute Gasteiger partial charge is 0.408 e. The van der Waals surface area contributed by atoms with Crippen molar-refractivity contribution in [3.8, 4) is 5.75 Å². The van der Waals surface area contributed by atoms with Crippen LogP contribution in [0.15, 0.2) is 24.3 Å². The zero-order valence-corrected chi connectivity index (χ0v) is 16.2. The summed E-state index contributed by atoms with van der Waals surface area (Å²) in [5.41, 5.74) is -0.135. The Hall–Kier alpha value is -2.32. The minimum atomic E-state index is -1.45. The third kappa shape index (κ3) is 6.11.